The van der Waals surface area contributed by atoms with Gasteiger partial charge >= 0.3 is 5.97 Å². The Morgan fingerprint density at radius 1 is 1.09 bits per heavy atom. The highest BCUT2D eigenvalue weighted by atomic mass is 79.9. The molecule has 0 aliphatic rings. The predicted octanol–water partition coefficient (Wildman–Crippen LogP) is 3.86. The first kappa shape index (κ1) is 14.5. The highest BCUT2D eigenvalue weighted by Gasteiger charge is 2.12. The van der Waals surface area contributed by atoms with Crippen LogP contribution in [0.4, 0.5) is 0 Å². The molecule has 1 heterocycles. The van der Waals surface area contributed by atoms with Crippen molar-refractivity contribution in [3.63, 3.8) is 0 Å². The molecule has 22 heavy (non-hydrogen) atoms. The minimum atomic E-state index is -0.438. The van der Waals surface area contributed by atoms with E-state index in [4.69, 9.17) is 9.26 Å². The topological polar surface area (TPSA) is 65.2 Å². The van der Waals surface area contributed by atoms with Crippen LogP contribution in [0.3, 0.4) is 0 Å². The van der Waals surface area contributed by atoms with Crippen LogP contribution in [0.25, 0.3) is 11.4 Å². The molecule has 5 nitrogen and oxygen atoms in total. The summed E-state index contributed by atoms with van der Waals surface area (Å²) in [6, 6.07) is 16.3. The molecule has 0 aliphatic heterocycles. The van der Waals surface area contributed by atoms with E-state index in [2.05, 4.69) is 26.1 Å². The van der Waals surface area contributed by atoms with Gasteiger partial charge in [0.15, 0.2) is 6.61 Å². The van der Waals surface area contributed by atoms with Crippen LogP contribution in [0, 0.1) is 0 Å². The number of benzene rings is 2. The lowest BCUT2D eigenvalue weighted by molar-refractivity contribution is 0.0430. The normalized spacial score (nSPS) is 10.4. The van der Waals surface area contributed by atoms with Crippen molar-refractivity contribution in [1.82, 2.24) is 10.1 Å². The van der Waals surface area contributed by atoms with Crippen LogP contribution >= 0.6 is 15.9 Å². The molecule has 2 aromatic carbocycles. The van der Waals surface area contributed by atoms with Crippen LogP contribution < -0.4 is 0 Å². The zero-order valence-electron chi connectivity index (χ0n) is 11.4. The van der Waals surface area contributed by atoms with Crippen molar-refractivity contribution in [3.05, 3.63) is 70.5 Å². The summed E-state index contributed by atoms with van der Waals surface area (Å²) in [5, 5.41) is 3.87. The summed E-state index contributed by atoms with van der Waals surface area (Å²) in [6.45, 7) is -0.0608. The Kier molecular flexibility index (Phi) is 4.29. The van der Waals surface area contributed by atoms with E-state index >= 15 is 0 Å². The molecular weight excluding hydrogens is 348 g/mol. The smallest absolute Gasteiger partial charge is 0.338 e. The van der Waals surface area contributed by atoms with Crippen molar-refractivity contribution in [2.24, 2.45) is 0 Å². The molecule has 0 N–H and O–H groups in total. The van der Waals surface area contributed by atoms with Crippen molar-refractivity contribution in [3.8, 4) is 11.4 Å². The third-order valence-electron chi connectivity index (χ3n) is 2.91. The van der Waals surface area contributed by atoms with E-state index in [1.54, 1.807) is 24.3 Å². The number of hydrogen-bond acceptors (Lipinski definition) is 5. The monoisotopic (exact) mass is 358 g/mol. The molecule has 3 aromatic rings. The van der Waals surface area contributed by atoms with Gasteiger partial charge in [0, 0.05) is 10.0 Å². The molecule has 0 radical (unpaired) electrons. The molecule has 0 saturated heterocycles. The quantitative estimate of drug-likeness (QED) is 0.662. The zero-order valence-corrected chi connectivity index (χ0v) is 13.0. The van der Waals surface area contributed by atoms with Gasteiger partial charge in [0.05, 0.1) is 5.56 Å². The van der Waals surface area contributed by atoms with Crippen LogP contribution in [0.2, 0.25) is 0 Å². The lowest BCUT2D eigenvalue weighted by Crippen LogP contribution is -2.05. The Bertz CT molecular complexity index is 770. The Morgan fingerprint density at radius 2 is 1.82 bits per heavy atom. The van der Waals surface area contributed by atoms with Crippen molar-refractivity contribution < 1.29 is 14.1 Å². The number of carbonyl (C=O) groups is 1. The Morgan fingerprint density at radius 3 is 2.55 bits per heavy atom. The molecule has 0 fully saturated rings. The molecule has 6 heteroatoms. The number of rotatable bonds is 4. The van der Waals surface area contributed by atoms with Crippen LogP contribution in [-0.4, -0.2) is 16.1 Å². The van der Waals surface area contributed by atoms with Crippen molar-refractivity contribution in [2.75, 3.05) is 0 Å². The van der Waals surface area contributed by atoms with Gasteiger partial charge in [0.25, 0.3) is 5.89 Å². The van der Waals surface area contributed by atoms with Crippen LogP contribution in [-0.2, 0) is 11.3 Å². The number of halogens is 1. The maximum Gasteiger partial charge on any atom is 0.338 e. The first-order valence-corrected chi connectivity index (χ1v) is 7.32. The van der Waals surface area contributed by atoms with Gasteiger partial charge in [-0.25, -0.2) is 4.79 Å². The van der Waals surface area contributed by atoms with Gasteiger partial charge in [-0.1, -0.05) is 51.4 Å². The molecule has 3 rings (SSSR count). The van der Waals surface area contributed by atoms with E-state index in [-0.39, 0.29) is 12.5 Å². The average Bonchev–Trinajstić information content (AvgIpc) is 3.03. The minimum Gasteiger partial charge on any atom is -0.452 e. The van der Waals surface area contributed by atoms with E-state index < -0.39 is 5.97 Å². The standard InChI is InChI=1S/C16H11BrN2O3/c17-13-8-6-12(7-9-13)16(20)21-10-14-18-15(19-22-14)11-4-2-1-3-5-11/h1-9H,10H2. The number of esters is 1. The number of carbonyl (C=O) groups excluding carboxylic acids is 1. The molecule has 0 spiro atoms. The average molecular weight is 359 g/mol. The van der Waals surface area contributed by atoms with E-state index in [9.17, 15) is 4.79 Å². The summed E-state index contributed by atoms with van der Waals surface area (Å²) in [7, 11) is 0. The Balaban J connectivity index is 1.64. The maximum absolute atomic E-state index is 11.9. The molecule has 0 saturated carbocycles. The summed E-state index contributed by atoms with van der Waals surface area (Å²) in [6.07, 6.45) is 0. The number of hydrogen-bond donors (Lipinski definition) is 0. The Hall–Kier alpha value is -2.47. The van der Waals surface area contributed by atoms with Gasteiger partial charge in [-0.2, -0.15) is 4.98 Å². The van der Waals surface area contributed by atoms with Crippen molar-refractivity contribution in [2.45, 2.75) is 6.61 Å². The van der Waals surface area contributed by atoms with Gasteiger partial charge in [0.2, 0.25) is 5.82 Å². The first-order chi connectivity index (χ1) is 10.7. The van der Waals surface area contributed by atoms with Gasteiger partial charge in [-0.3, -0.25) is 0 Å². The molecule has 0 amide bonds. The molecule has 0 aliphatic carbocycles. The highest BCUT2D eigenvalue weighted by Crippen LogP contribution is 2.16. The van der Waals surface area contributed by atoms with Crippen LogP contribution in [0.1, 0.15) is 16.2 Å². The van der Waals surface area contributed by atoms with Crippen LogP contribution in [0.5, 0.6) is 0 Å². The lowest BCUT2D eigenvalue weighted by atomic mass is 10.2. The third-order valence-corrected chi connectivity index (χ3v) is 3.44. The van der Waals surface area contributed by atoms with Gasteiger partial charge < -0.3 is 9.26 Å². The number of ether oxygens (including phenoxy) is 1. The second-order valence-electron chi connectivity index (χ2n) is 4.46. The fourth-order valence-electron chi connectivity index (χ4n) is 1.81. The fourth-order valence-corrected chi connectivity index (χ4v) is 2.08. The summed E-state index contributed by atoms with van der Waals surface area (Å²) in [5.74, 6) is 0.284. The maximum atomic E-state index is 11.9. The second-order valence-corrected chi connectivity index (χ2v) is 5.38. The summed E-state index contributed by atoms with van der Waals surface area (Å²) >= 11 is 3.31. The van der Waals surface area contributed by atoms with Crippen LogP contribution in [0.15, 0.2) is 63.6 Å². The van der Waals surface area contributed by atoms with Crippen molar-refractivity contribution >= 4 is 21.9 Å². The van der Waals surface area contributed by atoms with E-state index in [0.717, 1.165) is 10.0 Å². The van der Waals surface area contributed by atoms with Crippen molar-refractivity contribution in [1.29, 1.82) is 0 Å². The number of nitrogens with zero attached hydrogens (tertiary/aromatic N) is 2. The number of aromatic nitrogens is 2. The van der Waals surface area contributed by atoms with Gasteiger partial charge in [-0.15, -0.1) is 0 Å². The SMILES string of the molecule is O=C(OCc1nc(-c2ccccc2)no1)c1ccc(Br)cc1. The minimum absolute atomic E-state index is 0.0608. The molecular formula is C16H11BrN2O3. The fraction of sp³-hybridized carbons (Fsp3) is 0.0625. The zero-order chi connectivity index (χ0) is 15.4. The largest absolute Gasteiger partial charge is 0.452 e. The molecule has 1 aromatic heterocycles. The highest BCUT2D eigenvalue weighted by molar-refractivity contribution is 9.10. The molecule has 0 unspecified atom stereocenters. The predicted molar refractivity (Wildman–Crippen MR) is 83.0 cm³/mol. The van der Waals surface area contributed by atoms with E-state index in [0.29, 0.717) is 11.4 Å². The molecule has 0 atom stereocenters. The Labute approximate surface area is 135 Å². The van der Waals surface area contributed by atoms with E-state index in [1.165, 1.54) is 0 Å². The summed E-state index contributed by atoms with van der Waals surface area (Å²) < 4.78 is 11.1. The summed E-state index contributed by atoms with van der Waals surface area (Å²) in [4.78, 5) is 16.1. The summed E-state index contributed by atoms with van der Waals surface area (Å²) in [5.41, 5.74) is 1.31. The first-order valence-electron chi connectivity index (χ1n) is 6.53. The van der Waals surface area contributed by atoms with E-state index in [1.807, 2.05) is 30.3 Å². The van der Waals surface area contributed by atoms with Gasteiger partial charge in [0.1, 0.15) is 0 Å². The molecule has 0 bridgehead atoms. The van der Waals surface area contributed by atoms with Gasteiger partial charge in [-0.05, 0) is 24.3 Å². The second kappa shape index (κ2) is 6.53. The third kappa shape index (κ3) is 3.40. The lowest BCUT2D eigenvalue weighted by Gasteiger charge is -2.01. The molecule has 110 valence electrons.